The monoisotopic (exact) mass is 319 g/mol. The van der Waals surface area contributed by atoms with Crippen LogP contribution in [0, 0.1) is 5.92 Å². The molecule has 130 valence electrons. The Morgan fingerprint density at radius 3 is 2.13 bits per heavy atom. The van der Waals surface area contributed by atoms with E-state index < -0.39 is 0 Å². The fraction of sp³-hybridized carbons (Fsp3) is 0.789. The summed E-state index contributed by atoms with van der Waals surface area (Å²) in [5.74, 6) is 0.812. The van der Waals surface area contributed by atoms with Crippen LogP contribution < -0.4 is 0 Å². The maximum atomic E-state index is 11.5. The Hall–Kier alpha value is -1.32. The highest BCUT2D eigenvalue weighted by atomic mass is 16.2. The van der Waals surface area contributed by atoms with Crippen LogP contribution in [0.3, 0.4) is 0 Å². The predicted molar refractivity (Wildman–Crippen MR) is 94.6 cm³/mol. The maximum Gasteiger partial charge on any atom is 0.219 e. The predicted octanol–water partition coefficient (Wildman–Crippen LogP) is 3.74. The molecule has 1 amide bonds. The summed E-state index contributed by atoms with van der Waals surface area (Å²) in [6.07, 6.45) is 4.22. The standard InChI is InChI=1S/C19H33N3O/c1-14(23)21-10-8-15(9-11-21)13-22-17(19(5,6)7)16(12-20-22)18(2,3)4/h12,15H,8-11,13H2,1-7H3. The number of carbonyl (C=O) groups excluding carboxylic acids is 1. The van der Waals surface area contributed by atoms with Crippen molar-refractivity contribution < 1.29 is 4.79 Å². The molecule has 4 heteroatoms. The van der Waals surface area contributed by atoms with Gasteiger partial charge in [-0.05, 0) is 29.7 Å². The third kappa shape index (κ3) is 4.15. The Labute approximate surface area is 141 Å². The van der Waals surface area contributed by atoms with E-state index in [9.17, 15) is 4.79 Å². The van der Waals surface area contributed by atoms with Gasteiger partial charge in [-0.1, -0.05) is 41.5 Å². The lowest BCUT2D eigenvalue weighted by atomic mass is 9.79. The Bertz CT molecular complexity index is 552. The van der Waals surface area contributed by atoms with Crippen molar-refractivity contribution in [3.63, 3.8) is 0 Å². The van der Waals surface area contributed by atoms with E-state index in [1.165, 1.54) is 11.3 Å². The van der Waals surface area contributed by atoms with Gasteiger partial charge in [0, 0.05) is 37.7 Å². The van der Waals surface area contributed by atoms with E-state index in [1.807, 2.05) is 4.90 Å². The number of likely N-dealkylation sites (tertiary alicyclic amines) is 1. The van der Waals surface area contributed by atoms with Crippen molar-refractivity contribution in [3.05, 3.63) is 17.5 Å². The van der Waals surface area contributed by atoms with E-state index in [0.717, 1.165) is 32.5 Å². The number of aromatic nitrogens is 2. The molecule has 0 saturated carbocycles. The van der Waals surface area contributed by atoms with Gasteiger partial charge in [0.15, 0.2) is 0 Å². The summed E-state index contributed by atoms with van der Waals surface area (Å²) < 4.78 is 2.23. The van der Waals surface area contributed by atoms with E-state index in [2.05, 4.69) is 52.4 Å². The molecule has 0 spiro atoms. The number of rotatable bonds is 2. The first-order valence-electron chi connectivity index (χ1n) is 8.82. The van der Waals surface area contributed by atoms with Crippen molar-refractivity contribution in [2.45, 2.75) is 78.7 Å². The molecule has 1 fully saturated rings. The number of piperidine rings is 1. The molecule has 4 nitrogen and oxygen atoms in total. The van der Waals surface area contributed by atoms with Crippen LogP contribution in [0.5, 0.6) is 0 Å². The number of hydrogen-bond acceptors (Lipinski definition) is 2. The van der Waals surface area contributed by atoms with Gasteiger partial charge in [0.05, 0.1) is 6.20 Å². The maximum absolute atomic E-state index is 11.5. The minimum absolute atomic E-state index is 0.0825. The topological polar surface area (TPSA) is 38.1 Å². The molecule has 0 atom stereocenters. The number of nitrogens with zero attached hydrogens (tertiary/aromatic N) is 3. The molecule has 1 saturated heterocycles. The zero-order valence-electron chi connectivity index (χ0n) is 15.9. The van der Waals surface area contributed by atoms with Crippen molar-refractivity contribution in [1.82, 2.24) is 14.7 Å². The molecule has 0 N–H and O–H groups in total. The summed E-state index contributed by atoms with van der Waals surface area (Å²) >= 11 is 0. The summed E-state index contributed by atoms with van der Waals surface area (Å²) in [7, 11) is 0. The lowest BCUT2D eigenvalue weighted by Crippen LogP contribution is -2.38. The number of amides is 1. The molecule has 1 aromatic heterocycles. The molecule has 23 heavy (non-hydrogen) atoms. The third-order valence-electron chi connectivity index (χ3n) is 4.85. The van der Waals surface area contributed by atoms with E-state index in [-0.39, 0.29) is 16.7 Å². The van der Waals surface area contributed by atoms with Crippen molar-refractivity contribution in [3.8, 4) is 0 Å². The Morgan fingerprint density at radius 2 is 1.70 bits per heavy atom. The molecule has 2 rings (SSSR count). The molecule has 2 heterocycles. The molecular weight excluding hydrogens is 286 g/mol. The van der Waals surface area contributed by atoms with Gasteiger partial charge < -0.3 is 4.90 Å². The molecule has 0 bridgehead atoms. The van der Waals surface area contributed by atoms with Gasteiger partial charge in [0.2, 0.25) is 5.91 Å². The largest absolute Gasteiger partial charge is 0.343 e. The van der Waals surface area contributed by atoms with E-state index in [0.29, 0.717) is 5.92 Å². The normalized spacial score (nSPS) is 17.6. The average Bonchev–Trinajstić information content (AvgIpc) is 2.83. The van der Waals surface area contributed by atoms with Gasteiger partial charge in [-0.25, -0.2) is 0 Å². The average molecular weight is 319 g/mol. The molecule has 1 aromatic rings. The van der Waals surface area contributed by atoms with Crippen molar-refractivity contribution in [2.24, 2.45) is 5.92 Å². The summed E-state index contributed by atoms with van der Waals surface area (Å²) in [6, 6.07) is 0. The first-order valence-corrected chi connectivity index (χ1v) is 8.82. The molecule has 1 aliphatic rings. The second-order valence-corrected chi connectivity index (χ2v) is 9.04. The third-order valence-corrected chi connectivity index (χ3v) is 4.85. The molecule has 0 aromatic carbocycles. The molecule has 0 aliphatic carbocycles. The summed E-state index contributed by atoms with van der Waals surface area (Å²) in [5, 5.41) is 4.73. The zero-order valence-corrected chi connectivity index (χ0v) is 15.9. The van der Waals surface area contributed by atoms with Crippen molar-refractivity contribution >= 4 is 5.91 Å². The molecule has 0 radical (unpaired) electrons. The SMILES string of the molecule is CC(=O)N1CCC(Cn2ncc(C(C)(C)C)c2C(C)(C)C)CC1. The molecular formula is C19H33N3O. The lowest BCUT2D eigenvalue weighted by Gasteiger charge is -2.33. The smallest absolute Gasteiger partial charge is 0.219 e. The summed E-state index contributed by atoms with van der Waals surface area (Å²) in [4.78, 5) is 13.4. The van der Waals surface area contributed by atoms with E-state index in [1.54, 1.807) is 6.92 Å². The summed E-state index contributed by atoms with van der Waals surface area (Å²) in [5.41, 5.74) is 2.91. The minimum Gasteiger partial charge on any atom is -0.343 e. The first kappa shape index (κ1) is 18.0. The van der Waals surface area contributed by atoms with Gasteiger partial charge >= 0.3 is 0 Å². The lowest BCUT2D eigenvalue weighted by molar-refractivity contribution is -0.130. The van der Waals surface area contributed by atoms with E-state index >= 15 is 0 Å². The van der Waals surface area contributed by atoms with Crippen LogP contribution in [-0.4, -0.2) is 33.7 Å². The van der Waals surface area contributed by atoms with Gasteiger partial charge in [-0.2, -0.15) is 5.10 Å². The van der Waals surface area contributed by atoms with Crippen LogP contribution in [0.1, 0.15) is 72.6 Å². The second kappa shape index (κ2) is 6.29. The van der Waals surface area contributed by atoms with Crippen molar-refractivity contribution in [1.29, 1.82) is 0 Å². The highest BCUT2D eigenvalue weighted by Gasteiger charge is 2.31. The van der Waals surface area contributed by atoms with Gasteiger partial charge in [-0.15, -0.1) is 0 Å². The van der Waals surface area contributed by atoms with Crippen LogP contribution >= 0.6 is 0 Å². The highest BCUT2D eigenvalue weighted by Crippen LogP contribution is 2.34. The minimum atomic E-state index is 0.0825. The molecule has 1 aliphatic heterocycles. The van der Waals surface area contributed by atoms with Crippen LogP contribution in [0.15, 0.2) is 6.20 Å². The zero-order chi connectivity index (χ0) is 17.4. The fourth-order valence-corrected chi connectivity index (χ4v) is 3.54. The highest BCUT2D eigenvalue weighted by molar-refractivity contribution is 5.73. The molecule has 0 unspecified atom stereocenters. The number of carbonyl (C=O) groups is 1. The Kier molecular flexibility index (Phi) is 4.93. The van der Waals surface area contributed by atoms with Gasteiger partial charge in [-0.3, -0.25) is 9.48 Å². The second-order valence-electron chi connectivity index (χ2n) is 9.04. The van der Waals surface area contributed by atoms with Crippen LogP contribution in [0.2, 0.25) is 0 Å². The van der Waals surface area contributed by atoms with Crippen LogP contribution in [0.4, 0.5) is 0 Å². The summed E-state index contributed by atoms with van der Waals surface area (Å²) in [6.45, 7) is 18.0. The van der Waals surface area contributed by atoms with E-state index in [4.69, 9.17) is 5.10 Å². The number of hydrogen-bond donors (Lipinski definition) is 0. The quantitative estimate of drug-likeness (QED) is 0.833. The fourth-order valence-electron chi connectivity index (χ4n) is 3.54. The van der Waals surface area contributed by atoms with Gasteiger partial charge in [0.1, 0.15) is 0 Å². The van der Waals surface area contributed by atoms with Crippen molar-refractivity contribution in [2.75, 3.05) is 13.1 Å². The van der Waals surface area contributed by atoms with Crippen LogP contribution in [0.25, 0.3) is 0 Å². The Balaban J connectivity index is 2.18. The van der Waals surface area contributed by atoms with Gasteiger partial charge in [0.25, 0.3) is 0 Å². The van der Waals surface area contributed by atoms with Crippen LogP contribution in [-0.2, 0) is 22.2 Å². The Morgan fingerprint density at radius 1 is 1.13 bits per heavy atom. The first-order chi connectivity index (χ1) is 10.5.